The number of rotatable bonds is 6. The summed E-state index contributed by atoms with van der Waals surface area (Å²) in [7, 11) is 0. The van der Waals surface area contributed by atoms with E-state index in [1.165, 1.54) is 10.9 Å². The molecule has 2 aromatic rings. The molecule has 0 atom stereocenters. The highest BCUT2D eigenvalue weighted by Crippen LogP contribution is 2.19. The summed E-state index contributed by atoms with van der Waals surface area (Å²) in [5.74, 6) is 0. The Labute approximate surface area is 117 Å². The molecule has 0 fully saturated rings. The van der Waals surface area contributed by atoms with E-state index in [4.69, 9.17) is 4.74 Å². The maximum atomic E-state index is 5.74. The monoisotopic (exact) mass is 307 g/mol. The van der Waals surface area contributed by atoms with E-state index in [1.54, 1.807) is 0 Å². The van der Waals surface area contributed by atoms with E-state index < -0.39 is 0 Å². The van der Waals surface area contributed by atoms with E-state index in [1.807, 2.05) is 19.1 Å². The number of hydrogen-bond donors (Lipinski definition) is 0. The number of aromatic nitrogens is 1. The van der Waals surface area contributed by atoms with Gasteiger partial charge in [0.1, 0.15) is 0 Å². The lowest BCUT2D eigenvalue weighted by atomic mass is 10.1. The normalized spacial score (nSPS) is 11.0. The predicted octanol–water partition coefficient (Wildman–Crippen LogP) is 4.23. The number of ether oxygens (including phenoxy) is 1. The lowest BCUT2D eigenvalue weighted by Crippen LogP contribution is -1.98. The molecule has 0 aliphatic heterocycles. The fourth-order valence-electron chi connectivity index (χ4n) is 2.00. The van der Waals surface area contributed by atoms with Crippen LogP contribution < -0.4 is 0 Å². The molecule has 1 heterocycles. The second kappa shape index (κ2) is 6.86. The second-order valence-corrected chi connectivity index (χ2v) is 5.18. The Balaban J connectivity index is 2.07. The molecular formula is C15H18BrNO. The van der Waals surface area contributed by atoms with Gasteiger partial charge in [-0.1, -0.05) is 34.1 Å². The van der Waals surface area contributed by atoms with Crippen LogP contribution in [0, 0.1) is 6.92 Å². The molecule has 2 nitrogen and oxygen atoms in total. The van der Waals surface area contributed by atoms with Crippen molar-refractivity contribution in [2.45, 2.75) is 26.4 Å². The quantitative estimate of drug-likeness (QED) is 0.588. The zero-order chi connectivity index (χ0) is 12.8. The van der Waals surface area contributed by atoms with E-state index in [0.717, 1.165) is 36.0 Å². The van der Waals surface area contributed by atoms with Crippen molar-refractivity contribution in [2.24, 2.45) is 0 Å². The van der Waals surface area contributed by atoms with Gasteiger partial charge < -0.3 is 4.74 Å². The second-order valence-electron chi connectivity index (χ2n) is 4.39. The Kier molecular flexibility index (Phi) is 5.14. The van der Waals surface area contributed by atoms with E-state index >= 15 is 0 Å². The number of nitrogens with zero attached hydrogens (tertiary/aromatic N) is 1. The minimum atomic E-state index is 0.673. The van der Waals surface area contributed by atoms with Crippen LogP contribution in [0.5, 0.6) is 0 Å². The van der Waals surface area contributed by atoms with Crippen LogP contribution in [0.1, 0.15) is 24.1 Å². The molecule has 0 saturated heterocycles. The Bertz CT molecular complexity index is 513. The SMILES string of the molecule is Cc1cc(COCCCCBr)c2ccccc2n1. The molecule has 0 bridgehead atoms. The van der Waals surface area contributed by atoms with Gasteiger partial charge in [-0.2, -0.15) is 0 Å². The van der Waals surface area contributed by atoms with Crippen molar-refractivity contribution in [3.05, 3.63) is 41.6 Å². The van der Waals surface area contributed by atoms with Crippen LogP contribution in [0.2, 0.25) is 0 Å². The standard InChI is InChI=1S/C15H18BrNO/c1-12-10-13(11-18-9-5-4-8-16)14-6-2-3-7-15(14)17-12/h2-3,6-7,10H,4-5,8-9,11H2,1H3. The molecule has 0 unspecified atom stereocenters. The summed E-state index contributed by atoms with van der Waals surface area (Å²) >= 11 is 3.42. The molecule has 1 aromatic heterocycles. The maximum absolute atomic E-state index is 5.74. The van der Waals surface area contributed by atoms with Crippen molar-refractivity contribution in [3.8, 4) is 0 Å². The van der Waals surface area contributed by atoms with Crippen LogP contribution in [0.4, 0.5) is 0 Å². The summed E-state index contributed by atoms with van der Waals surface area (Å²) in [6, 6.07) is 10.4. The fraction of sp³-hybridized carbons (Fsp3) is 0.400. The molecular weight excluding hydrogens is 290 g/mol. The lowest BCUT2D eigenvalue weighted by Gasteiger charge is -2.08. The average molecular weight is 308 g/mol. The van der Waals surface area contributed by atoms with Gasteiger partial charge in [-0.05, 0) is 37.5 Å². The van der Waals surface area contributed by atoms with Crippen LogP contribution in [0.3, 0.4) is 0 Å². The molecule has 0 aliphatic rings. The van der Waals surface area contributed by atoms with E-state index in [2.05, 4.69) is 39.1 Å². The number of para-hydroxylation sites is 1. The Morgan fingerprint density at radius 2 is 2.06 bits per heavy atom. The van der Waals surface area contributed by atoms with Crippen LogP contribution >= 0.6 is 15.9 Å². The maximum Gasteiger partial charge on any atom is 0.0724 e. The molecule has 0 N–H and O–H groups in total. The first-order chi connectivity index (χ1) is 8.81. The zero-order valence-corrected chi connectivity index (χ0v) is 12.2. The third kappa shape index (κ3) is 3.53. The number of aryl methyl sites for hydroxylation is 1. The first kappa shape index (κ1) is 13.5. The highest BCUT2D eigenvalue weighted by molar-refractivity contribution is 9.09. The smallest absolute Gasteiger partial charge is 0.0724 e. The summed E-state index contributed by atoms with van der Waals surface area (Å²) in [6.07, 6.45) is 2.27. The van der Waals surface area contributed by atoms with Gasteiger partial charge in [0, 0.05) is 23.0 Å². The minimum absolute atomic E-state index is 0.673. The number of pyridine rings is 1. The van der Waals surface area contributed by atoms with E-state index in [0.29, 0.717) is 6.61 Å². The van der Waals surface area contributed by atoms with Crippen LogP contribution in [-0.2, 0) is 11.3 Å². The summed E-state index contributed by atoms with van der Waals surface area (Å²) in [5, 5.41) is 2.25. The molecule has 0 spiro atoms. The van der Waals surface area contributed by atoms with Crippen molar-refractivity contribution >= 4 is 26.8 Å². The Morgan fingerprint density at radius 3 is 2.89 bits per heavy atom. The largest absolute Gasteiger partial charge is 0.377 e. The third-order valence-corrected chi connectivity index (χ3v) is 3.42. The van der Waals surface area contributed by atoms with Crippen molar-refractivity contribution in [1.29, 1.82) is 0 Å². The van der Waals surface area contributed by atoms with Crippen LogP contribution in [0.25, 0.3) is 10.9 Å². The van der Waals surface area contributed by atoms with Gasteiger partial charge >= 0.3 is 0 Å². The summed E-state index contributed by atoms with van der Waals surface area (Å²) in [4.78, 5) is 4.53. The number of alkyl halides is 1. The first-order valence-electron chi connectivity index (χ1n) is 6.30. The minimum Gasteiger partial charge on any atom is -0.377 e. The Morgan fingerprint density at radius 1 is 1.22 bits per heavy atom. The van der Waals surface area contributed by atoms with Crippen molar-refractivity contribution in [2.75, 3.05) is 11.9 Å². The fourth-order valence-corrected chi connectivity index (χ4v) is 2.39. The third-order valence-electron chi connectivity index (χ3n) is 2.86. The topological polar surface area (TPSA) is 22.1 Å². The first-order valence-corrected chi connectivity index (χ1v) is 7.42. The van der Waals surface area contributed by atoms with Gasteiger partial charge in [-0.15, -0.1) is 0 Å². The molecule has 0 amide bonds. The van der Waals surface area contributed by atoms with Crippen LogP contribution in [0.15, 0.2) is 30.3 Å². The van der Waals surface area contributed by atoms with E-state index in [9.17, 15) is 0 Å². The van der Waals surface area contributed by atoms with Gasteiger partial charge in [-0.3, -0.25) is 4.98 Å². The molecule has 0 aliphatic carbocycles. The molecule has 96 valence electrons. The average Bonchev–Trinajstić information content (AvgIpc) is 2.38. The number of fused-ring (bicyclic) bond motifs is 1. The van der Waals surface area contributed by atoms with Gasteiger partial charge in [0.25, 0.3) is 0 Å². The summed E-state index contributed by atoms with van der Waals surface area (Å²) < 4.78 is 5.74. The number of unbranched alkanes of at least 4 members (excludes halogenated alkanes) is 1. The van der Waals surface area contributed by atoms with Crippen LogP contribution in [-0.4, -0.2) is 16.9 Å². The molecule has 1 aromatic carbocycles. The zero-order valence-electron chi connectivity index (χ0n) is 10.7. The van der Waals surface area contributed by atoms with Gasteiger partial charge in [-0.25, -0.2) is 0 Å². The number of hydrogen-bond acceptors (Lipinski definition) is 2. The molecule has 0 radical (unpaired) electrons. The highest BCUT2D eigenvalue weighted by Gasteiger charge is 2.03. The van der Waals surface area contributed by atoms with Gasteiger partial charge in [0.2, 0.25) is 0 Å². The lowest BCUT2D eigenvalue weighted by molar-refractivity contribution is 0.119. The van der Waals surface area contributed by atoms with Crippen molar-refractivity contribution < 1.29 is 4.74 Å². The van der Waals surface area contributed by atoms with Crippen molar-refractivity contribution in [3.63, 3.8) is 0 Å². The molecule has 0 saturated carbocycles. The van der Waals surface area contributed by atoms with Crippen molar-refractivity contribution in [1.82, 2.24) is 4.98 Å². The predicted molar refractivity (Wildman–Crippen MR) is 79.2 cm³/mol. The van der Waals surface area contributed by atoms with Gasteiger partial charge in [0.15, 0.2) is 0 Å². The highest BCUT2D eigenvalue weighted by atomic mass is 79.9. The van der Waals surface area contributed by atoms with Gasteiger partial charge in [0.05, 0.1) is 12.1 Å². The molecule has 2 rings (SSSR count). The number of halogens is 1. The van der Waals surface area contributed by atoms with E-state index in [-0.39, 0.29) is 0 Å². The summed E-state index contributed by atoms with van der Waals surface area (Å²) in [6.45, 7) is 3.52. The Hall–Kier alpha value is -0.930. The molecule has 3 heteroatoms. The summed E-state index contributed by atoms with van der Waals surface area (Å²) in [5.41, 5.74) is 3.33. The molecule has 18 heavy (non-hydrogen) atoms. The number of benzene rings is 1.